The number of hydrogen-bond donors (Lipinski definition) is 2. The lowest BCUT2D eigenvalue weighted by Gasteiger charge is -1.94. The van der Waals surface area contributed by atoms with Crippen molar-refractivity contribution in [3.05, 3.63) is 18.2 Å². The van der Waals surface area contributed by atoms with E-state index >= 15 is 0 Å². The molecule has 0 unspecified atom stereocenters. The molecule has 0 atom stereocenters. The van der Waals surface area contributed by atoms with Crippen LogP contribution in [-0.4, -0.2) is 22.3 Å². The third-order valence-corrected chi connectivity index (χ3v) is 2.11. The topological polar surface area (TPSA) is 54.7 Å². The standard InChI is InChI=1S/C6H11N3S.2ClH/c7-1-2-10-4-6-3-8-5-9-6;;/h3,5H,1-2,4,7H2,(H,8,9);2*1H. The first-order valence-electron chi connectivity index (χ1n) is 3.18. The van der Waals surface area contributed by atoms with Crippen LogP contribution in [0.25, 0.3) is 0 Å². The van der Waals surface area contributed by atoms with Crippen molar-refractivity contribution < 1.29 is 0 Å². The third-order valence-electron chi connectivity index (χ3n) is 1.07. The molecule has 72 valence electrons. The molecule has 0 fully saturated rings. The van der Waals surface area contributed by atoms with Gasteiger partial charge in [0.15, 0.2) is 0 Å². The molecule has 3 N–H and O–H groups in total. The second-order valence-corrected chi connectivity index (χ2v) is 3.02. The predicted molar refractivity (Wildman–Crippen MR) is 58.3 cm³/mol. The van der Waals surface area contributed by atoms with E-state index in [2.05, 4.69) is 9.97 Å². The quantitative estimate of drug-likeness (QED) is 0.769. The summed E-state index contributed by atoms with van der Waals surface area (Å²) in [6.07, 6.45) is 3.53. The van der Waals surface area contributed by atoms with Gasteiger partial charge in [0.1, 0.15) is 0 Å². The Morgan fingerprint density at radius 3 is 2.75 bits per heavy atom. The third kappa shape index (κ3) is 5.71. The molecule has 0 aliphatic carbocycles. The van der Waals surface area contributed by atoms with E-state index in [0.29, 0.717) is 0 Å². The number of H-pyrrole nitrogens is 1. The van der Waals surface area contributed by atoms with Gasteiger partial charge < -0.3 is 10.7 Å². The Kier molecular flexibility index (Phi) is 11.2. The van der Waals surface area contributed by atoms with Crippen molar-refractivity contribution in [2.75, 3.05) is 12.3 Å². The largest absolute Gasteiger partial charge is 0.348 e. The molecule has 1 rings (SSSR count). The van der Waals surface area contributed by atoms with Crippen LogP contribution in [0.5, 0.6) is 0 Å². The first-order valence-corrected chi connectivity index (χ1v) is 4.34. The summed E-state index contributed by atoms with van der Waals surface area (Å²) in [7, 11) is 0. The minimum atomic E-state index is 0. The lowest BCUT2D eigenvalue weighted by molar-refractivity contribution is 1.14. The molecule has 1 aromatic heterocycles. The van der Waals surface area contributed by atoms with Crippen molar-refractivity contribution in [3.8, 4) is 0 Å². The summed E-state index contributed by atoms with van der Waals surface area (Å²) in [6, 6.07) is 0. The van der Waals surface area contributed by atoms with Crippen LogP contribution in [0, 0.1) is 0 Å². The van der Waals surface area contributed by atoms with Gasteiger partial charge in [-0.05, 0) is 0 Å². The van der Waals surface area contributed by atoms with E-state index in [1.807, 2.05) is 18.0 Å². The SMILES string of the molecule is Cl.Cl.NCCSCc1cnc[nH]1. The molecule has 1 heterocycles. The van der Waals surface area contributed by atoms with Gasteiger partial charge in [-0.15, -0.1) is 24.8 Å². The summed E-state index contributed by atoms with van der Waals surface area (Å²) in [5.74, 6) is 2.00. The lowest BCUT2D eigenvalue weighted by Crippen LogP contribution is -2.01. The van der Waals surface area contributed by atoms with Gasteiger partial charge in [-0.25, -0.2) is 4.98 Å². The number of nitrogens with zero attached hydrogens (tertiary/aromatic N) is 1. The molecule has 1 aromatic rings. The molecule has 0 aliphatic rings. The van der Waals surface area contributed by atoms with Gasteiger partial charge in [0.05, 0.1) is 6.33 Å². The number of nitrogens with two attached hydrogens (primary N) is 1. The molecule has 0 spiro atoms. The molecule has 0 amide bonds. The van der Waals surface area contributed by atoms with Crippen molar-refractivity contribution >= 4 is 36.6 Å². The van der Waals surface area contributed by atoms with E-state index in [9.17, 15) is 0 Å². The van der Waals surface area contributed by atoms with E-state index in [1.54, 1.807) is 6.33 Å². The lowest BCUT2D eigenvalue weighted by atomic mass is 10.6. The summed E-state index contributed by atoms with van der Waals surface area (Å²) in [6.45, 7) is 0.749. The molecule has 0 aromatic carbocycles. The summed E-state index contributed by atoms with van der Waals surface area (Å²) >= 11 is 1.81. The van der Waals surface area contributed by atoms with Crippen LogP contribution in [0.1, 0.15) is 5.69 Å². The van der Waals surface area contributed by atoms with E-state index in [4.69, 9.17) is 5.73 Å². The Morgan fingerprint density at radius 1 is 1.50 bits per heavy atom. The predicted octanol–water partition coefficient (Wildman–Crippen LogP) is 1.45. The van der Waals surface area contributed by atoms with Crippen molar-refractivity contribution in [1.82, 2.24) is 9.97 Å². The van der Waals surface area contributed by atoms with E-state index in [-0.39, 0.29) is 24.8 Å². The van der Waals surface area contributed by atoms with Crippen LogP contribution >= 0.6 is 36.6 Å². The van der Waals surface area contributed by atoms with Gasteiger partial charge >= 0.3 is 0 Å². The zero-order valence-electron chi connectivity index (χ0n) is 6.53. The van der Waals surface area contributed by atoms with Crippen molar-refractivity contribution in [3.63, 3.8) is 0 Å². The molecular weight excluding hydrogens is 217 g/mol. The minimum absolute atomic E-state index is 0. The van der Waals surface area contributed by atoms with E-state index in [0.717, 1.165) is 18.1 Å². The highest BCUT2D eigenvalue weighted by atomic mass is 35.5. The smallest absolute Gasteiger partial charge is 0.0921 e. The maximum Gasteiger partial charge on any atom is 0.0921 e. The van der Waals surface area contributed by atoms with Crippen molar-refractivity contribution in [1.29, 1.82) is 0 Å². The first kappa shape index (κ1) is 14.6. The maximum absolute atomic E-state index is 5.32. The molecular formula is C6H13Cl2N3S. The highest BCUT2D eigenvalue weighted by molar-refractivity contribution is 7.98. The summed E-state index contributed by atoms with van der Waals surface area (Å²) in [4.78, 5) is 6.92. The van der Waals surface area contributed by atoms with Crippen LogP contribution in [0.15, 0.2) is 12.5 Å². The highest BCUT2D eigenvalue weighted by Gasteiger charge is 1.91. The van der Waals surface area contributed by atoms with E-state index < -0.39 is 0 Å². The summed E-state index contributed by atoms with van der Waals surface area (Å²) < 4.78 is 0. The number of thioether (sulfide) groups is 1. The zero-order chi connectivity index (χ0) is 7.23. The normalized spacial score (nSPS) is 8.42. The summed E-state index contributed by atoms with van der Waals surface area (Å²) in [5.41, 5.74) is 6.49. The maximum atomic E-state index is 5.32. The molecule has 0 saturated carbocycles. The Morgan fingerprint density at radius 2 is 2.25 bits per heavy atom. The van der Waals surface area contributed by atoms with Gasteiger partial charge in [0.2, 0.25) is 0 Å². The Bertz CT molecular complexity index is 169. The summed E-state index contributed by atoms with van der Waals surface area (Å²) in [5, 5.41) is 0. The number of halogens is 2. The second kappa shape index (κ2) is 9.19. The number of rotatable bonds is 4. The van der Waals surface area contributed by atoms with Gasteiger partial charge in [0.25, 0.3) is 0 Å². The monoisotopic (exact) mass is 229 g/mol. The molecule has 0 bridgehead atoms. The first-order chi connectivity index (χ1) is 4.93. The Hall–Kier alpha value is 0.1000. The van der Waals surface area contributed by atoms with Crippen LogP contribution in [0.4, 0.5) is 0 Å². The molecule has 0 saturated heterocycles. The average molecular weight is 230 g/mol. The molecule has 0 aliphatic heterocycles. The fourth-order valence-electron chi connectivity index (χ4n) is 0.629. The number of hydrogen-bond acceptors (Lipinski definition) is 3. The Balaban J connectivity index is 0. The second-order valence-electron chi connectivity index (χ2n) is 1.92. The Labute approximate surface area is 88.7 Å². The number of imidazole rings is 1. The fraction of sp³-hybridized carbons (Fsp3) is 0.500. The molecule has 6 heteroatoms. The van der Waals surface area contributed by atoms with Crippen LogP contribution in [0.2, 0.25) is 0 Å². The van der Waals surface area contributed by atoms with Crippen LogP contribution in [-0.2, 0) is 5.75 Å². The highest BCUT2D eigenvalue weighted by Crippen LogP contribution is 2.06. The van der Waals surface area contributed by atoms with Gasteiger partial charge in [-0.1, -0.05) is 0 Å². The average Bonchev–Trinajstić information content (AvgIpc) is 2.41. The van der Waals surface area contributed by atoms with Crippen LogP contribution in [0.3, 0.4) is 0 Å². The zero-order valence-corrected chi connectivity index (χ0v) is 8.97. The van der Waals surface area contributed by atoms with Gasteiger partial charge in [-0.2, -0.15) is 11.8 Å². The molecule has 3 nitrogen and oxygen atoms in total. The number of aromatic amines is 1. The van der Waals surface area contributed by atoms with Crippen molar-refractivity contribution in [2.45, 2.75) is 5.75 Å². The molecule has 0 radical (unpaired) electrons. The van der Waals surface area contributed by atoms with Gasteiger partial charge in [-0.3, -0.25) is 0 Å². The van der Waals surface area contributed by atoms with Crippen molar-refractivity contribution in [2.24, 2.45) is 5.73 Å². The molecule has 12 heavy (non-hydrogen) atoms. The van der Waals surface area contributed by atoms with Crippen LogP contribution < -0.4 is 5.73 Å². The number of aromatic nitrogens is 2. The number of nitrogens with one attached hydrogen (secondary N) is 1. The minimum Gasteiger partial charge on any atom is -0.348 e. The fourth-order valence-corrected chi connectivity index (χ4v) is 1.32. The van der Waals surface area contributed by atoms with E-state index in [1.165, 1.54) is 5.69 Å². The van der Waals surface area contributed by atoms with Gasteiger partial charge in [0, 0.05) is 29.9 Å².